The van der Waals surface area contributed by atoms with Gasteiger partial charge in [-0.05, 0) is 53.6 Å². The van der Waals surface area contributed by atoms with Gasteiger partial charge in [-0.1, -0.05) is 0 Å². The number of aromatic nitrogens is 2. The average Bonchev–Trinajstić information content (AvgIpc) is 3.32. The maximum atomic E-state index is 9.93. The number of methoxy groups -OCH3 is 1. The number of anilines is 1. The Bertz CT molecular complexity index is 687. The summed E-state index contributed by atoms with van der Waals surface area (Å²) in [6.07, 6.45) is 2.37. The first-order chi connectivity index (χ1) is 10.1. The van der Waals surface area contributed by atoms with E-state index in [1.165, 1.54) is 20.0 Å². The Labute approximate surface area is 136 Å². The summed E-state index contributed by atoms with van der Waals surface area (Å²) < 4.78 is 6.15. The molecular formula is C15H16IN3O2. The Morgan fingerprint density at radius 1 is 1.33 bits per heavy atom. The number of halogens is 1. The van der Waals surface area contributed by atoms with Crippen LogP contribution >= 0.6 is 22.6 Å². The number of benzene rings is 1. The van der Waals surface area contributed by atoms with E-state index < -0.39 is 0 Å². The summed E-state index contributed by atoms with van der Waals surface area (Å²) >= 11 is 2.29. The molecule has 1 aromatic carbocycles. The van der Waals surface area contributed by atoms with E-state index >= 15 is 0 Å². The highest BCUT2D eigenvalue weighted by Crippen LogP contribution is 2.43. The highest BCUT2D eigenvalue weighted by Gasteiger charge is 2.29. The largest absolute Gasteiger partial charge is 0.504 e. The van der Waals surface area contributed by atoms with Gasteiger partial charge in [-0.25, -0.2) is 9.97 Å². The molecule has 21 heavy (non-hydrogen) atoms. The van der Waals surface area contributed by atoms with Crippen LogP contribution in [0.15, 0.2) is 18.2 Å². The molecule has 0 aliphatic heterocycles. The van der Waals surface area contributed by atoms with Crippen LogP contribution in [0.4, 0.5) is 5.82 Å². The van der Waals surface area contributed by atoms with Crippen LogP contribution < -0.4 is 10.1 Å². The van der Waals surface area contributed by atoms with E-state index in [0.29, 0.717) is 17.5 Å². The highest BCUT2D eigenvalue weighted by atomic mass is 127. The molecule has 2 N–H and O–H groups in total. The van der Waals surface area contributed by atoms with Gasteiger partial charge in [-0.3, -0.25) is 0 Å². The van der Waals surface area contributed by atoms with Crippen molar-refractivity contribution in [3.05, 3.63) is 27.5 Å². The van der Waals surface area contributed by atoms with Gasteiger partial charge in [0.05, 0.1) is 16.4 Å². The minimum Gasteiger partial charge on any atom is -0.504 e. The number of nitrogens with zero attached hydrogens (tertiary/aromatic N) is 2. The van der Waals surface area contributed by atoms with Gasteiger partial charge in [0.2, 0.25) is 0 Å². The lowest BCUT2D eigenvalue weighted by atomic mass is 10.1. The van der Waals surface area contributed by atoms with E-state index in [-0.39, 0.29) is 5.75 Å². The van der Waals surface area contributed by atoms with Gasteiger partial charge >= 0.3 is 0 Å². The van der Waals surface area contributed by atoms with E-state index in [2.05, 4.69) is 32.9 Å². The first-order valence-corrected chi connectivity index (χ1v) is 7.84. The average molecular weight is 397 g/mol. The number of nitrogens with one attached hydrogen (secondary N) is 1. The predicted molar refractivity (Wildman–Crippen MR) is 89.9 cm³/mol. The van der Waals surface area contributed by atoms with Gasteiger partial charge in [-0.15, -0.1) is 0 Å². The van der Waals surface area contributed by atoms with Crippen molar-refractivity contribution in [2.45, 2.75) is 18.8 Å². The smallest absolute Gasteiger partial charge is 0.161 e. The highest BCUT2D eigenvalue weighted by molar-refractivity contribution is 14.1. The predicted octanol–water partition coefficient (Wildman–Crippen LogP) is 3.38. The van der Waals surface area contributed by atoms with Crippen LogP contribution in [0.5, 0.6) is 11.5 Å². The summed E-state index contributed by atoms with van der Waals surface area (Å²) in [5.41, 5.74) is 1.88. The van der Waals surface area contributed by atoms with E-state index in [9.17, 15) is 5.11 Å². The molecule has 0 unspecified atom stereocenters. The van der Waals surface area contributed by atoms with Crippen molar-refractivity contribution in [1.82, 2.24) is 9.97 Å². The molecule has 0 amide bonds. The van der Waals surface area contributed by atoms with Gasteiger partial charge in [0.15, 0.2) is 17.3 Å². The van der Waals surface area contributed by atoms with Crippen molar-refractivity contribution in [2.75, 3.05) is 19.5 Å². The molecule has 5 nitrogen and oxygen atoms in total. The molecule has 0 bridgehead atoms. The third-order valence-electron chi connectivity index (χ3n) is 3.51. The summed E-state index contributed by atoms with van der Waals surface area (Å²) in [5, 5.41) is 13.0. The quantitative estimate of drug-likeness (QED) is 0.775. The van der Waals surface area contributed by atoms with Gasteiger partial charge in [0.25, 0.3) is 0 Å². The van der Waals surface area contributed by atoms with Crippen molar-refractivity contribution < 1.29 is 9.84 Å². The number of aromatic hydroxyl groups is 1. The van der Waals surface area contributed by atoms with Crippen molar-refractivity contribution in [3.8, 4) is 22.9 Å². The Kier molecular flexibility index (Phi) is 3.88. The van der Waals surface area contributed by atoms with Crippen LogP contribution in [-0.2, 0) is 0 Å². The molecule has 1 fully saturated rings. The zero-order valence-corrected chi connectivity index (χ0v) is 14.0. The molecule has 0 saturated heterocycles. The molecule has 1 aromatic heterocycles. The van der Waals surface area contributed by atoms with Gasteiger partial charge < -0.3 is 15.2 Å². The minimum absolute atomic E-state index is 0.0936. The Hall–Kier alpha value is -1.57. The first kappa shape index (κ1) is 14.4. The lowest BCUT2D eigenvalue weighted by Gasteiger charge is -2.11. The van der Waals surface area contributed by atoms with Crippen molar-refractivity contribution in [3.63, 3.8) is 0 Å². The standard InChI is InChI=1S/C15H16IN3O2/c1-17-15-12(16)13(8-3-4-8)18-14(19-15)9-5-6-11(21-2)10(20)7-9/h5-8,20H,3-4H2,1-2H3,(H,17,18,19). The Morgan fingerprint density at radius 3 is 2.67 bits per heavy atom. The van der Waals surface area contributed by atoms with E-state index in [4.69, 9.17) is 9.72 Å². The van der Waals surface area contributed by atoms with Crippen LogP contribution in [0.25, 0.3) is 11.4 Å². The lowest BCUT2D eigenvalue weighted by Crippen LogP contribution is -2.04. The Morgan fingerprint density at radius 2 is 2.10 bits per heavy atom. The molecule has 1 aliphatic carbocycles. The number of ether oxygens (including phenoxy) is 1. The molecule has 1 heterocycles. The van der Waals surface area contributed by atoms with Crippen molar-refractivity contribution in [2.24, 2.45) is 0 Å². The van der Waals surface area contributed by atoms with Crippen LogP contribution in [0.2, 0.25) is 0 Å². The van der Waals surface area contributed by atoms with Crippen molar-refractivity contribution >= 4 is 28.4 Å². The summed E-state index contributed by atoms with van der Waals surface area (Å²) in [6.45, 7) is 0. The normalized spacial score (nSPS) is 14.0. The number of hydrogen-bond acceptors (Lipinski definition) is 5. The van der Waals surface area contributed by atoms with Gasteiger partial charge in [-0.2, -0.15) is 0 Å². The molecule has 3 rings (SSSR count). The fraction of sp³-hybridized carbons (Fsp3) is 0.333. The first-order valence-electron chi connectivity index (χ1n) is 6.76. The molecule has 0 radical (unpaired) electrons. The molecule has 6 heteroatoms. The fourth-order valence-electron chi connectivity index (χ4n) is 2.22. The number of phenols is 1. The molecular weight excluding hydrogens is 381 g/mol. The van der Waals surface area contributed by atoms with Crippen molar-refractivity contribution in [1.29, 1.82) is 0 Å². The maximum Gasteiger partial charge on any atom is 0.161 e. The summed E-state index contributed by atoms with van der Waals surface area (Å²) in [5.74, 6) is 2.53. The van der Waals surface area contributed by atoms with E-state index in [0.717, 1.165) is 20.6 Å². The zero-order valence-electron chi connectivity index (χ0n) is 11.9. The number of phenolic OH excluding ortho intramolecular Hbond substituents is 1. The second kappa shape index (κ2) is 5.67. The van der Waals surface area contributed by atoms with E-state index in [1.807, 2.05) is 13.1 Å². The van der Waals surface area contributed by atoms with Crippen LogP contribution in [-0.4, -0.2) is 29.2 Å². The Balaban J connectivity index is 2.09. The minimum atomic E-state index is 0.0936. The second-order valence-electron chi connectivity index (χ2n) is 5.01. The SMILES string of the molecule is CNc1nc(-c2ccc(OC)c(O)c2)nc(C2CC2)c1I. The number of hydrogen-bond donors (Lipinski definition) is 2. The monoisotopic (exact) mass is 397 g/mol. The molecule has 0 atom stereocenters. The summed E-state index contributed by atoms with van der Waals surface area (Å²) in [4.78, 5) is 9.25. The topological polar surface area (TPSA) is 67.3 Å². The molecule has 0 spiro atoms. The van der Waals surface area contributed by atoms with Crippen LogP contribution in [0, 0.1) is 3.57 Å². The van der Waals surface area contributed by atoms with Crippen LogP contribution in [0.3, 0.4) is 0 Å². The summed E-state index contributed by atoms with van der Waals surface area (Å²) in [7, 11) is 3.39. The molecule has 1 saturated carbocycles. The van der Waals surface area contributed by atoms with Gasteiger partial charge in [0.1, 0.15) is 5.82 Å². The summed E-state index contributed by atoms with van der Waals surface area (Å²) in [6, 6.07) is 5.22. The third-order valence-corrected chi connectivity index (χ3v) is 4.58. The second-order valence-corrected chi connectivity index (χ2v) is 6.08. The lowest BCUT2D eigenvalue weighted by molar-refractivity contribution is 0.373. The third kappa shape index (κ3) is 2.76. The van der Waals surface area contributed by atoms with Gasteiger partial charge in [0, 0.05) is 18.5 Å². The zero-order chi connectivity index (χ0) is 15.0. The number of rotatable bonds is 4. The molecule has 2 aromatic rings. The van der Waals surface area contributed by atoms with E-state index in [1.54, 1.807) is 12.1 Å². The molecule has 110 valence electrons. The van der Waals surface area contributed by atoms with Crippen LogP contribution in [0.1, 0.15) is 24.5 Å². The fourth-order valence-corrected chi connectivity index (χ4v) is 3.17. The maximum absolute atomic E-state index is 9.93. The molecule has 1 aliphatic rings.